The first-order valence-corrected chi connectivity index (χ1v) is 10.0. The first kappa shape index (κ1) is 25.9. The summed E-state index contributed by atoms with van der Waals surface area (Å²) in [4.78, 5) is 17.8. The Labute approximate surface area is 195 Å². The molecule has 2 heterocycles. The van der Waals surface area contributed by atoms with E-state index in [0.717, 1.165) is 49.7 Å². The van der Waals surface area contributed by atoms with Gasteiger partial charge in [-0.25, -0.2) is 4.99 Å². The number of likely N-dealkylation sites (N-methyl/N-ethyl adjacent to an activating group) is 1. The van der Waals surface area contributed by atoms with Crippen LogP contribution in [0, 0.1) is 13.8 Å². The summed E-state index contributed by atoms with van der Waals surface area (Å²) in [6.45, 7) is 9.16. The number of carbonyl (C=O) groups excluding carboxylic acids is 1. The molecule has 0 aliphatic carbocycles. The number of hydrogen-bond acceptors (Lipinski definition) is 5. The summed E-state index contributed by atoms with van der Waals surface area (Å²) in [6.07, 6.45) is 3.47. The summed E-state index contributed by atoms with van der Waals surface area (Å²) < 4.78 is 4.02. The van der Waals surface area contributed by atoms with E-state index in [2.05, 4.69) is 50.8 Å². The molecule has 0 bridgehead atoms. The lowest BCUT2D eigenvalue weighted by atomic mass is 10.4. The zero-order valence-corrected chi connectivity index (χ0v) is 20.9. The van der Waals surface area contributed by atoms with E-state index < -0.39 is 0 Å². The van der Waals surface area contributed by atoms with E-state index in [9.17, 15) is 4.79 Å². The summed E-state index contributed by atoms with van der Waals surface area (Å²) in [5.74, 6) is 1.53. The minimum atomic E-state index is -0.0409. The van der Waals surface area contributed by atoms with Crippen molar-refractivity contribution in [2.24, 2.45) is 4.99 Å². The van der Waals surface area contributed by atoms with E-state index in [-0.39, 0.29) is 36.4 Å². The van der Waals surface area contributed by atoms with Crippen LogP contribution in [0.5, 0.6) is 0 Å². The highest BCUT2D eigenvalue weighted by Gasteiger charge is 2.06. The molecule has 2 aromatic heterocycles. The third kappa shape index (κ3) is 8.28. The number of halogens is 1. The quantitative estimate of drug-likeness (QED) is 0.205. The molecule has 0 aromatic carbocycles. The third-order valence-corrected chi connectivity index (χ3v) is 4.47. The average molecular weight is 531 g/mol. The highest BCUT2D eigenvalue weighted by molar-refractivity contribution is 14.0. The van der Waals surface area contributed by atoms with E-state index in [4.69, 9.17) is 0 Å². The van der Waals surface area contributed by atoms with Crippen LogP contribution in [0.25, 0.3) is 0 Å². The van der Waals surface area contributed by atoms with Crippen molar-refractivity contribution in [3.63, 3.8) is 0 Å². The molecule has 0 fully saturated rings. The Morgan fingerprint density at radius 2 is 1.93 bits per heavy atom. The van der Waals surface area contributed by atoms with E-state index in [1.165, 1.54) is 4.90 Å². The summed E-state index contributed by atoms with van der Waals surface area (Å²) >= 11 is 0. The lowest BCUT2D eigenvalue weighted by molar-refractivity contribution is -0.127. The molecule has 1 amide bonds. The van der Waals surface area contributed by atoms with Crippen molar-refractivity contribution >= 4 is 35.8 Å². The predicted octanol–water partition coefficient (Wildman–Crippen LogP) is 0.986. The molecule has 0 radical (unpaired) electrons. The van der Waals surface area contributed by atoms with Gasteiger partial charge in [0.05, 0.1) is 5.69 Å². The Morgan fingerprint density at radius 3 is 2.57 bits per heavy atom. The Balaban J connectivity index is 0.00000450. The van der Waals surface area contributed by atoms with Gasteiger partial charge in [-0.3, -0.25) is 9.48 Å². The molecule has 11 heteroatoms. The molecule has 0 aliphatic heterocycles. The molecule has 2 aromatic rings. The van der Waals surface area contributed by atoms with Crippen LogP contribution in [-0.2, 0) is 24.3 Å². The molecule has 10 nitrogen and oxygen atoms in total. The highest BCUT2D eigenvalue weighted by atomic mass is 127. The number of amides is 1. The standard InChI is InChI=1S/C19H33N9O.HI/c1-6-17-24-23-14-27(17)11-9-21-19(22-13-18(29)26(4)5)20-8-7-10-28-16(3)12-15(2)25-28;/h12,14H,6-11,13H2,1-5H3,(H2,20,21,22);1H. The largest absolute Gasteiger partial charge is 0.356 e. The van der Waals surface area contributed by atoms with Gasteiger partial charge >= 0.3 is 0 Å². The van der Waals surface area contributed by atoms with E-state index >= 15 is 0 Å². The van der Waals surface area contributed by atoms with Gasteiger partial charge < -0.3 is 20.1 Å². The topological polar surface area (TPSA) is 105 Å². The van der Waals surface area contributed by atoms with Gasteiger partial charge in [-0.05, 0) is 26.3 Å². The molecule has 168 valence electrons. The zero-order chi connectivity index (χ0) is 21.2. The average Bonchev–Trinajstić information content (AvgIpc) is 3.27. The van der Waals surface area contributed by atoms with Crippen LogP contribution in [0.3, 0.4) is 0 Å². The first-order chi connectivity index (χ1) is 13.9. The molecule has 0 atom stereocenters. The Morgan fingerprint density at radius 1 is 1.20 bits per heavy atom. The number of nitrogens with one attached hydrogen (secondary N) is 2. The second kappa shape index (κ2) is 13.2. The zero-order valence-electron chi connectivity index (χ0n) is 18.6. The fourth-order valence-electron chi connectivity index (χ4n) is 2.83. The molecule has 0 saturated heterocycles. The molecule has 30 heavy (non-hydrogen) atoms. The summed E-state index contributed by atoms with van der Waals surface area (Å²) in [7, 11) is 3.45. The van der Waals surface area contributed by atoms with Gasteiger partial charge in [0.2, 0.25) is 5.91 Å². The van der Waals surface area contributed by atoms with Crippen LogP contribution >= 0.6 is 24.0 Å². The number of carbonyl (C=O) groups is 1. The van der Waals surface area contributed by atoms with Crippen molar-refractivity contribution in [2.45, 2.75) is 46.7 Å². The minimum absolute atomic E-state index is 0. The Bertz CT molecular complexity index is 813. The van der Waals surface area contributed by atoms with Crippen molar-refractivity contribution in [1.82, 2.24) is 40.1 Å². The molecule has 0 spiro atoms. The second-order valence-corrected chi connectivity index (χ2v) is 7.10. The lowest BCUT2D eigenvalue weighted by Gasteiger charge is -2.14. The number of rotatable bonds is 10. The first-order valence-electron chi connectivity index (χ1n) is 10.0. The fourth-order valence-corrected chi connectivity index (χ4v) is 2.83. The number of hydrogen-bond donors (Lipinski definition) is 2. The highest BCUT2D eigenvalue weighted by Crippen LogP contribution is 2.02. The van der Waals surface area contributed by atoms with Crippen molar-refractivity contribution < 1.29 is 4.79 Å². The van der Waals surface area contributed by atoms with Crippen LogP contribution in [0.2, 0.25) is 0 Å². The maximum Gasteiger partial charge on any atom is 0.243 e. The molecule has 2 N–H and O–H groups in total. The van der Waals surface area contributed by atoms with Gasteiger partial charge in [0, 0.05) is 52.4 Å². The van der Waals surface area contributed by atoms with Crippen LogP contribution in [0.4, 0.5) is 0 Å². The Hall–Kier alpha value is -2.18. The number of aromatic nitrogens is 5. The normalized spacial score (nSPS) is 11.2. The number of guanidine groups is 1. The number of nitrogens with zero attached hydrogens (tertiary/aromatic N) is 7. The third-order valence-electron chi connectivity index (χ3n) is 4.47. The van der Waals surface area contributed by atoms with Gasteiger partial charge in [-0.1, -0.05) is 6.92 Å². The lowest BCUT2D eigenvalue weighted by Crippen LogP contribution is -2.40. The molecule has 0 unspecified atom stereocenters. The van der Waals surface area contributed by atoms with E-state index in [0.29, 0.717) is 12.5 Å². The van der Waals surface area contributed by atoms with Crippen molar-refractivity contribution in [1.29, 1.82) is 0 Å². The van der Waals surface area contributed by atoms with E-state index in [1.54, 1.807) is 20.4 Å². The minimum Gasteiger partial charge on any atom is -0.356 e. The van der Waals surface area contributed by atoms with Gasteiger partial charge in [-0.2, -0.15) is 5.10 Å². The number of aliphatic imine (C=N–C) groups is 1. The number of aryl methyl sites for hydroxylation is 4. The SMILES string of the molecule is CCc1nncn1CCNC(=NCC(=O)N(C)C)NCCCn1nc(C)cc1C.I. The van der Waals surface area contributed by atoms with Crippen LogP contribution in [0.1, 0.15) is 30.6 Å². The summed E-state index contributed by atoms with van der Waals surface area (Å²) in [6, 6.07) is 2.07. The van der Waals surface area contributed by atoms with Gasteiger partial charge in [-0.15, -0.1) is 34.2 Å². The van der Waals surface area contributed by atoms with Gasteiger partial charge in [0.1, 0.15) is 18.7 Å². The Kier molecular flexibility index (Phi) is 11.4. The molecule has 0 saturated carbocycles. The maximum absolute atomic E-state index is 11.9. The van der Waals surface area contributed by atoms with Crippen LogP contribution < -0.4 is 10.6 Å². The summed E-state index contributed by atoms with van der Waals surface area (Å²) in [5, 5.41) is 19.1. The molecular formula is C19H34IN9O. The summed E-state index contributed by atoms with van der Waals surface area (Å²) in [5.41, 5.74) is 2.19. The van der Waals surface area contributed by atoms with Gasteiger partial charge in [0.25, 0.3) is 0 Å². The fraction of sp³-hybridized carbons (Fsp3) is 0.632. The molecule has 0 aliphatic rings. The van der Waals surface area contributed by atoms with Crippen LogP contribution in [0.15, 0.2) is 17.4 Å². The van der Waals surface area contributed by atoms with E-state index in [1.807, 2.05) is 16.2 Å². The second-order valence-electron chi connectivity index (χ2n) is 7.10. The smallest absolute Gasteiger partial charge is 0.243 e. The van der Waals surface area contributed by atoms with Crippen LogP contribution in [-0.4, -0.2) is 75.0 Å². The van der Waals surface area contributed by atoms with Crippen molar-refractivity contribution in [3.8, 4) is 0 Å². The van der Waals surface area contributed by atoms with Crippen molar-refractivity contribution in [2.75, 3.05) is 33.7 Å². The van der Waals surface area contributed by atoms with Crippen molar-refractivity contribution in [3.05, 3.63) is 29.6 Å². The molecule has 2 rings (SSSR count). The molecular weight excluding hydrogens is 497 g/mol. The van der Waals surface area contributed by atoms with Gasteiger partial charge in [0.15, 0.2) is 5.96 Å². The maximum atomic E-state index is 11.9. The monoisotopic (exact) mass is 531 g/mol. The predicted molar refractivity (Wildman–Crippen MR) is 128 cm³/mol.